The summed E-state index contributed by atoms with van der Waals surface area (Å²) in [4.78, 5) is 46.5. The molecule has 1 aromatic heterocycles. The number of amides is 1. The van der Waals surface area contributed by atoms with Crippen LogP contribution in [0.2, 0.25) is 0 Å². The normalized spacial score (nSPS) is 28.8. The number of hydrazone groups is 1. The largest absolute Gasteiger partial charge is 0.344 e. The summed E-state index contributed by atoms with van der Waals surface area (Å²) in [5.41, 5.74) is 1.14. The fourth-order valence-electron chi connectivity index (χ4n) is 4.28. The van der Waals surface area contributed by atoms with Gasteiger partial charge in [-0.25, -0.2) is 5.43 Å². The van der Waals surface area contributed by atoms with Crippen LogP contribution in [0.4, 0.5) is 11.4 Å². The lowest BCUT2D eigenvalue weighted by atomic mass is 10.1. The van der Waals surface area contributed by atoms with E-state index in [9.17, 15) is 29.8 Å². The van der Waals surface area contributed by atoms with Gasteiger partial charge in [-0.2, -0.15) is 5.10 Å². The highest BCUT2D eigenvalue weighted by molar-refractivity contribution is 7.12. The first-order valence-electron chi connectivity index (χ1n) is 9.51. The minimum Gasteiger partial charge on any atom is -0.344 e. The van der Waals surface area contributed by atoms with Crippen LogP contribution in [0.1, 0.15) is 20.0 Å². The predicted molar refractivity (Wildman–Crippen MR) is 108 cm³/mol. The molecule has 3 heterocycles. The van der Waals surface area contributed by atoms with Gasteiger partial charge in [0.05, 0.1) is 44.8 Å². The average Bonchev–Trinajstić information content (AvgIpc) is 3.12. The molecule has 2 saturated heterocycles. The van der Waals surface area contributed by atoms with E-state index in [1.54, 1.807) is 12.1 Å². The first kappa shape index (κ1) is 20.4. The number of ether oxygens (including phenoxy) is 2. The van der Waals surface area contributed by atoms with Crippen LogP contribution in [-0.4, -0.2) is 46.2 Å². The molecular formula is C19H14N4O8S. The van der Waals surface area contributed by atoms with E-state index in [1.165, 1.54) is 11.3 Å². The summed E-state index contributed by atoms with van der Waals surface area (Å²) in [6.07, 6.45) is -1.03. The van der Waals surface area contributed by atoms with Crippen molar-refractivity contribution in [2.75, 3.05) is 6.61 Å². The Morgan fingerprint density at radius 1 is 1.16 bits per heavy atom. The molecule has 5 rings (SSSR count). The Balaban J connectivity index is 1.39. The van der Waals surface area contributed by atoms with Crippen molar-refractivity contribution in [3.63, 3.8) is 0 Å². The third-order valence-electron chi connectivity index (χ3n) is 5.74. The number of hydrogen-bond donors (Lipinski definition) is 1. The lowest BCUT2D eigenvalue weighted by Crippen LogP contribution is -2.33. The van der Waals surface area contributed by atoms with E-state index in [4.69, 9.17) is 9.47 Å². The third kappa shape index (κ3) is 3.36. The van der Waals surface area contributed by atoms with Gasteiger partial charge in [-0.15, -0.1) is 11.3 Å². The summed E-state index contributed by atoms with van der Waals surface area (Å²) in [7, 11) is 0. The topological polar surface area (TPSA) is 163 Å². The van der Waals surface area contributed by atoms with Crippen molar-refractivity contribution < 1.29 is 28.9 Å². The first-order chi connectivity index (χ1) is 15.3. The summed E-state index contributed by atoms with van der Waals surface area (Å²) in [5.74, 6) is -1.59. The predicted octanol–water partition coefficient (Wildman–Crippen LogP) is 2.15. The molecule has 1 saturated carbocycles. The number of nitrogens with one attached hydrogen (secondary N) is 1. The number of nitro groups is 2. The standard InChI is InChI=1S/C19H14N4O8S/c24-17(12-2-1-3-32-12)15-13-11-7-30-19(31-11)16(14(13)15)20-21-18(25)8-4-9(22(26)27)6-10(5-8)23(28)29/h1-6,11,13-15,19H,7H2,(H,21,25)/t11-,13+,14-,15-,19+/m1/s1. The Morgan fingerprint density at radius 3 is 2.50 bits per heavy atom. The zero-order chi connectivity index (χ0) is 22.6. The minimum atomic E-state index is -0.872. The second-order valence-corrected chi connectivity index (χ2v) is 8.49. The molecule has 3 fully saturated rings. The molecule has 2 aromatic rings. The van der Waals surface area contributed by atoms with Gasteiger partial charge in [0.25, 0.3) is 17.3 Å². The molecule has 13 heteroatoms. The number of thiophene rings is 1. The van der Waals surface area contributed by atoms with Crippen LogP contribution < -0.4 is 5.43 Å². The fourth-order valence-corrected chi connectivity index (χ4v) is 4.99. The molecular weight excluding hydrogens is 444 g/mol. The number of non-ortho nitro benzene ring substituents is 2. The number of nitro benzene ring substituents is 2. The van der Waals surface area contributed by atoms with Crippen LogP contribution in [0.3, 0.4) is 0 Å². The smallest absolute Gasteiger partial charge is 0.277 e. The molecule has 32 heavy (non-hydrogen) atoms. The Bertz CT molecular complexity index is 1150. The number of ketones is 1. The minimum absolute atomic E-state index is 0.0144. The molecule has 164 valence electrons. The van der Waals surface area contributed by atoms with Crippen molar-refractivity contribution in [3.8, 4) is 0 Å². The van der Waals surface area contributed by atoms with Crippen molar-refractivity contribution in [2.45, 2.75) is 12.4 Å². The van der Waals surface area contributed by atoms with Gasteiger partial charge in [-0.1, -0.05) is 6.07 Å². The van der Waals surface area contributed by atoms with E-state index in [0.29, 0.717) is 17.2 Å². The quantitative estimate of drug-likeness (QED) is 0.391. The van der Waals surface area contributed by atoms with Crippen LogP contribution in [0.15, 0.2) is 40.8 Å². The molecule has 5 atom stereocenters. The lowest BCUT2D eigenvalue weighted by molar-refractivity contribution is -0.394. The van der Waals surface area contributed by atoms with Crippen molar-refractivity contribution >= 4 is 40.1 Å². The maximum atomic E-state index is 12.9. The summed E-state index contributed by atoms with van der Waals surface area (Å²) in [6.45, 7) is 0.310. The maximum Gasteiger partial charge on any atom is 0.277 e. The SMILES string of the molecule is O=C(NN=C1[C@H]2OC[C@@H](O2)[C@@H]2[C@@H](C(=O)c3cccs3)[C@H]12)c1cc([N+](=O)[O-])cc([N+](=O)[O-])c1. The average molecular weight is 458 g/mol. The lowest BCUT2D eigenvalue weighted by Gasteiger charge is -2.18. The van der Waals surface area contributed by atoms with Crippen molar-refractivity contribution in [3.05, 3.63) is 66.4 Å². The number of carbonyl (C=O) groups is 2. The van der Waals surface area contributed by atoms with E-state index in [2.05, 4.69) is 10.5 Å². The number of rotatable bonds is 6. The van der Waals surface area contributed by atoms with Crippen molar-refractivity contribution in [2.24, 2.45) is 22.9 Å². The summed E-state index contributed by atoms with van der Waals surface area (Å²) < 4.78 is 11.3. The Labute approximate surface area is 183 Å². The Morgan fingerprint density at radius 2 is 1.88 bits per heavy atom. The number of hydrogen-bond acceptors (Lipinski definition) is 10. The summed E-state index contributed by atoms with van der Waals surface area (Å²) in [5, 5.41) is 28.0. The van der Waals surface area contributed by atoms with Gasteiger partial charge in [0.15, 0.2) is 12.1 Å². The van der Waals surface area contributed by atoms with Gasteiger partial charge in [0, 0.05) is 29.9 Å². The van der Waals surface area contributed by atoms with Crippen LogP contribution >= 0.6 is 11.3 Å². The summed E-state index contributed by atoms with van der Waals surface area (Å²) >= 11 is 1.35. The number of nitrogens with zero attached hydrogens (tertiary/aromatic N) is 3. The van der Waals surface area contributed by atoms with E-state index in [-0.39, 0.29) is 35.2 Å². The van der Waals surface area contributed by atoms with Gasteiger partial charge >= 0.3 is 0 Å². The van der Waals surface area contributed by atoms with E-state index < -0.39 is 33.4 Å². The van der Waals surface area contributed by atoms with E-state index >= 15 is 0 Å². The second-order valence-electron chi connectivity index (χ2n) is 7.54. The van der Waals surface area contributed by atoms with Gasteiger partial charge < -0.3 is 9.47 Å². The monoisotopic (exact) mass is 458 g/mol. The fraction of sp³-hybridized carbons (Fsp3) is 0.316. The van der Waals surface area contributed by atoms with Crippen LogP contribution in [0.5, 0.6) is 0 Å². The second kappa shape index (κ2) is 7.55. The first-order valence-corrected chi connectivity index (χ1v) is 10.4. The van der Waals surface area contributed by atoms with Gasteiger partial charge in [-0.05, 0) is 11.4 Å². The number of fused-ring (bicyclic) bond motifs is 4. The van der Waals surface area contributed by atoms with Gasteiger partial charge in [0.2, 0.25) is 0 Å². The molecule has 0 unspecified atom stereocenters. The Kier molecular flexibility index (Phi) is 4.80. The van der Waals surface area contributed by atoms with Crippen LogP contribution in [-0.2, 0) is 9.47 Å². The highest BCUT2D eigenvalue weighted by Gasteiger charge is 2.67. The highest BCUT2D eigenvalue weighted by Crippen LogP contribution is 2.57. The molecule has 1 amide bonds. The van der Waals surface area contributed by atoms with Gasteiger partial charge in [0.1, 0.15) is 0 Å². The Hall–Kier alpha value is -3.55. The van der Waals surface area contributed by atoms with Crippen LogP contribution in [0, 0.1) is 38.0 Å². The van der Waals surface area contributed by atoms with E-state index in [0.717, 1.165) is 18.2 Å². The van der Waals surface area contributed by atoms with Gasteiger partial charge in [-0.3, -0.25) is 29.8 Å². The van der Waals surface area contributed by atoms with E-state index in [1.807, 2.05) is 5.38 Å². The van der Waals surface area contributed by atoms with Crippen molar-refractivity contribution in [1.29, 1.82) is 0 Å². The zero-order valence-corrected chi connectivity index (χ0v) is 16.9. The zero-order valence-electron chi connectivity index (χ0n) is 16.1. The molecule has 2 bridgehead atoms. The summed E-state index contributed by atoms with van der Waals surface area (Å²) in [6, 6.07) is 6.15. The molecule has 0 radical (unpaired) electrons. The number of Topliss-reactive ketones (excluding diaryl/α,β-unsaturated/α-hetero) is 1. The molecule has 12 nitrogen and oxygen atoms in total. The maximum absolute atomic E-state index is 12.9. The number of carbonyl (C=O) groups excluding carboxylic acids is 2. The molecule has 1 aliphatic carbocycles. The number of benzene rings is 1. The highest BCUT2D eigenvalue weighted by atomic mass is 32.1. The molecule has 1 aromatic carbocycles. The third-order valence-corrected chi connectivity index (χ3v) is 6.62. The van der Waals surface area contributed by atoms with Crippen molar-refractivity contribution in [1.82, 2.24) is 5.43 Å². The molecule has 1 N–H and O–H groups in total. The molecule has 0 spiro atoms. The molecule has 2 aliphatic heterocycles. The van der Waals surface area contributed by atoms with Crippen LogP contribution in [0.25, 0.3) is 0 Å². The molecule has 3 aliphatic rings.